The van der Waals surface area contributed by atoms with Gasteiger partial charge in [-0.05, 0) is 17.3 Å². The fourth-order valence-corrected chi connectivity index (χ4v) is 1.64. The summed E-state index contributed by atoms with van der Waals surface area (Å²) in [5.74, 6) is -1.21. The lowest BCUT2D eigenvalue weighted by atomic mass is 10.1. The largest absolute Gasteiger partial charge is 0.505 e. The van der Waals surface area contributed by atoms with Gasteiger partial charge >= 0.3 is 0 Å². The van der Waals surface area contributed by atoms with Crippen molar-refractivity contribution in [3.63, 3.8) is 0 Å². The van der Waals surface area contributed by atoms with E-state index >= 15 is 0 Å². The van der Waals surface area contributed by atoms with Crippen molar-refractivity contribution in [2.75, 3.05) is 5.32 Å². The minimum Gasteiger partial charge on any atom is -0.505 e. The van der Waals surface area contributed by atoms with E-state index in [2.05, 4.69) is 10.5 Å². The average molecular weight is 268 g/mol. The Balaban J connectivity index is 2.28. The smallest absolute Gasteiger partial charge is 0.281 e. The van der Waals surface area contributed by atoms with E-state index in [4.69, 9.17) is 0 Å². The minimum atomic E-state index is -0.757. The maximum Gasteiger partial charge on any atom is 0.281 e. The number of aliphatic hydroxyl groups is 1. The predicted molar refractivity (Wildman–Crippen MR) is 76.9 cm³/mol. The number of aliphatic hydroxyl groups excluding tert-OH is 1. The lowest BCUT2D eigenvalue weighted by molar-refractivity contribution is -0.112. The number of hydrogen-bond donors (Lipinski definition) is 2. The van der Waals surface area contributed by atoms with Gasteiger partial charge in [0, 0.05) is 11.3 Å². The number of carbonyl (C=O) groups is 1. The van der Waals surface area contributed by atoms with Crippen LogP contribution in [0.5, 0.6) is 0 Å². The van der Waals surface area contributed by atoms with Crippen LogP contribution in [0.3, 0.4) is 0 Å². The number of hydrogen-bond acceptors (Lipinski definition) is 4. The summed E-state index contributed by atoms with van der Waals surface area (Å²) in [4.78, 5) is 22.8. The molecule has 2 aromatic carbocycles. The molecule has 2 aromatic rings. The Labute approximate surface area is 115 Å². The number of amides is 1. The van der Waals surface area contributed by atoms with Crippen molar-refractivity contribution in [2.24, 2.45) is 5.18 Å². The van der Waals surface area contributed by atoms with Crippen LogP contribution in [0.4, 0.5) is 5.69 Å². The fourth-order valence-electron chi connectivity index (χ4n) is 1.64. The Morgan fingerprint density at radius 2 is 1.50 bits per heavy atom. The first-order chi connectivity index (χ1) is 9.72. The monoisotopic (exact) mass is 268 g/mol. The third-order valence-corrected chi connectivity index (χ3v) is 2.61. The summed E-state index contributed by atoms with van der Waals surface area (Å²) in [6, 6.07) is 16.9. The van der Waals surface area contributed by atoms with Gasteiger partial charge in [0.25, 0.3) is 5.91 Å². The Bertz CT molecular complexity index is 637. The van der Waals surface area contributed by atoms with Crippen molar-refractivity contribution in [1.29, 1.82) is 0 Å². The van der Waals surface area contributed by atoms with Crippen LogP contribution in [0.1, 0.15) is 5.56 Å². The zero-order chi connectivity index (χ0) is 14.4. The third kappa shape index (κ3) is 3.08. The number of nitroso groups, excluding NO2 is 1. The van der Waals surface area contributed by atoms with E-state index < -0.39 is 17.4 Å². The van der Waals surface area contributed by atoms with Gasteiger partial charge in [-0.2, -0.15) is 0 Å². The first-order valence-corrected chi connectivity index (χ1v) is 5.91. The Hall–Kier alpha value is -2.95. The number of rotatable bonds is 4. The molecule has 100 valence electrons. The second kappa shape index (κ2) is 6.29. The molecule has 0 unspecified atom stereocenters. The number of anilines is 1. The molecule has 20 heavy (non-hydrogen) atoms. The summed E-state index contributed by atoms with van der Waals surface area (Å²) in [6.45, 7) is 0. The summed E-state index contributed by atoms with van der Waals surface area (Å²) >= 11 is 0. The highest BCUT2D eigenvalue weighted by Crippen LogP contribution is 2.18. The number of carbonyl (C=O) groups excluding carboxylic acids is 1. The SMILES string of the molecule is O=N/C(C(=O)Nc1ccccc1)=C(\O)c1ccccc1. The quantitative estimate of drug-likeness (QED) is 0.507. The molecular weight excluding hydrogens is 256 g/mol. The first kappa shape index (κ1) is 13.5. The van der Waals surface area contributed by atoms with Crippen molar-refractivity contribution in [3.05, 3.63) is 76.8 Å². The van der Waals surface area contributed by atoms with Crippen LogP contribution in [0.2, 0.25) is 0 Å². The standard InChI is InChI=1S/C15H12N2O3/c18-14(11-7-3-1-4-8-11)13(17-20)15(19)16-12-9-5-2-6-10-12/h1-10,18H,(H,16,19)/b14-13-. The van der Waals surface area contributed by atoms with Crippen LogP contribution < -0.4 is 5.32 Å². The fraction of sp³-hybridized carbons (Fsp3) is 0. The molecule has 2 N–H and O–H groups in total. The van der Waals surface area contributed by atoms with Gasteiger partial charge in [-0.25, -0.2) is 0 Å². The first-order valence-electron chi connectivity index (χ1n) is 5.91. The molecule has 5 nitrogen and oxygen atoms in total. The molecule has 0 aliphatic rings. The van der Waals surface area contributed by atoms with Gasteiger partial charge in [-0.1, -0.05) is 48.5 Å². The van der Waals surface area contributed by atoms with Gasteiger partial charge in [-0.3, -0.25) is 4.79 Å². The lowest BCUT2D eigenvalue weighted by Gasteiger charge is -2.06. The van der Waals surface area contributed by atoms with Crippen LogP contribution in [-0.2, 0) is 4.79 Å². The summed E-state index contributed by atoms with van der Waals surface area (Å²) in [7, 11) is 0. The molecule has 5 heteroatoms. The molecule has 0 atom stereocenters. The van der Waals surface area contributed by atoms with E-state index in [0.29, 0.717) is 11.3 Å². The third-order valence-electron chi connectivity index (χ3n) is 2.61. The number of benzene rings is 2. The Morgan fingerprint density at radius 1 is 0.950 bits per heavy atom. The highest BCUT2D eigenvalue weighted by atomic mass is 16.3. The summed E-state index contributed by atoms with van der Waals surface area (Å²) in [6.07, 6.45) is 0. The molecule has 0 fully saturated rings. The number of nitrogens with one attached hydrogen (secondary N) is 1. The molecule has 0 saturated carbocycles. The highest BCUT2D eigenvalue weighted by molar-refractivity contribution is 6.07. The normalized spacial score (nSPS) is 11.4. The molecule has 0 aliphatic heterocycles. The molecule has 0 radical (unpaired) electrons. The summed E-state index contributed by atoms with van der Waals surface area (Å²) in [5, 5.41) is 15.1. The molecule has 2 rings (SSSR count). The predicted octanol–water partition coefficient (Wildman–Crippen LogP) is 3.32. The van der Waals surface area contributed by atoms with Crippen molar-refractivity contribution in [1.82, 2.24) is 0 Å². The average Bonchev–Trinajstić information content (AvgIpc) is 2.49. The summed E-state index contributed by atoms with van der Waals surface area (Å²) < 4.78 is 0. The van der Waals surface area contributed by atoms with E-state index in [1.54, 1.807) is 60.7 Å². The van der Waals surface area contributed by atoms with Crippen LogP contribution in [0.25, 0.3) is 5.76 Å². The molecule has 0 aromatic heterocycles. The van der Waals surface area contributed by atoms with E-state index in [-0.39, 0.29) is 0 Å². The Kier molecular flexibility index (Phi) is 4.24. The van der Waals surface area contributed by atoms with Crippen LogP contribution in [0, 0.1) is 4.91 Å². The summed E-state index contributed by atoms with van der Waals surface area (Å²) in [5.41, 5.74) is 0.310. The highest BCUT2D eigenvalue weighted by Gasteiger charge is 2.17. The van der Waals surface area contributed by atoms with Crippen molar-refractivity contribution >= 4 is 17.4 Å². The Morgan fingerprint density at radius 3 is 2.05 bits per heavy atom. The zero-order valence-corrected chi connectivity index (χ0v) is 10.5. The lowest BCUT2D eigenvalue weighted by Crippen LogP contribution is -2.14. The number of para-hydroxylation sites is 1. The molecule has 1 amide bonds. The topological polar surface area (TPSA) is 78.8 Å². The molecule has 0 saturated heterocycles. The van der Waals surface area contributed by atoms with E-state index in [0.717, 1.165) is 0 Å². The van der Waals surface area contributed by atoms with Crippen LogP contribution in [-0.4, -0.2) is 11.0 Å². The maximum absolute atomic E-state index is 11.9. The van der Waals surface area contributed by atoms with Gasteiger partial charge in [-0.15, -0.1) is 4.91 Å². The van der Waals surface area contributed by atoms with Crippen LogP contribution in [0.15, 0.2) is 71.5 Å². The van der Waals surface area contributed by atoms with Gasteiger partial charge < -0.3 is 10.4 Å². The van der Waals surface area contributed by atoms with Crippen molar-refractivity contribution < 1.29 is 9.90 Å². The van der Waals surface area contributed by atoms with Gasteiger partial charge in [0.05, 0.1) is 0 Å². The van der Waals surface area contributed by atoms with Gasteiger partial charge in [0.1, 0.15) is 0 Å². The van der Waals surface area contributed by atoms with Gasteiger partial charge in [0.2, 0.25) is 5.70 Å². The van der Waals surface area contributed by atoms with Crippen LogP contribution >= 0.6 is 0 Å². The molecular formula is C15H12N2O3. The van der Waals surface area contributed by atoms with Crippen molar-refractivity contribution in [2.45, 2.75) is 0 Å². The second-order valence-corrected chi connectivity index (χ2v) is 3.97. The second-order valence-electron chi connectivity index (χ2n) is 3.97. The maximum atomic E-state index is 11.9. The molecule has 0 aliphatic carbocycles. The van der Waals surface area contributed by atoms with Gasteiger partial charge in [0.15, 0.2) is 5.76 Å². The molecule has 0 heterocycles. The molecule has 0 bridgehead atoms. The number of nitrogens with zero attached hydrogens (tertiary/aromatic N) is 1. The minimum absolute atomic E-state index is 0.352. The van der Waals surface area contributed by atoms with E-state index in [9.17, 15) is 14.8 Å². The van der Waals surface area contributed by atoms with E-state index in [1.807, 2.05) is 0 Å². The van der Waals surface area contributed by atoms with E-state index in [1.165, 1.54) is 0 Å². The molecule has 0 spiro atoms. The zero-order valence-electron chi connectivity index (χ0n) is 10.5. The van der Waals surface area contributed by atoms with Crippen molar-refractivity contribution in [3.8, 4) is 0 Å².